The molecule has 0 saturated heterocycles. The molecule has 0 spiro atoms. The van der Waals surface area contributed by atoms with E-state index in [-0.39, 0.29) is 28.2 Å². The minimum atomic E-state index is -3.76. The van der Waals surface area contributed by atoms with E-state index in [0.717, 1.165) is 25.1 Å². The molecule has 1 aliphatic rings. The molecule has 0 radical (unpaired) electrons. The van der Waals surface area contributed by atoms with Gasteiger partial charge >= 0.3 is 0 Å². The van der Waals surface area contributed by atoms with Crippen molar-refractivity contribution in [1.29, 1.82) is 0 Å². The predicted molar refractivity (Wildman–Crippen MR) is 119 cm³/mol. The maximum absolute atomic E-state index is 12.7. The second-order valence-electron chi connectivity index (χ2n) is 7.64. The Bertz CT molecular complexity index is 1000. The number of sulfonamides is 1. The Kier molecular flexibility index (Phi) is 6.67. The van der Waals surface area contributed by atoms with Gasteiger partial charge in [0, 0.05) is 35.6 Å². The van der Waals surface area contributed by atoms with Gasteiger partial charge in [0.05, 0.1) is 7.11 Å². The Morgan fingerprint density at radius 2 is 1.83 bits per heavy atom. The van der Waals surface area contributed by atoms with E-state index in [2.05, 4.69) is 35.7 Å². The molecule has 3 rings (SSSR count). The van der Waals surface area contributed by atoms with Gasteiger partial charge in [0.15, 0.2) is 0 Å². The minimum Gasteiger partial charge on any atom is -0.495 e. The molecule has 1 aliphatic carbocycles. The summed E-state index contributed by atoms with van der Waals surface area (Å²) < 4.78 is 33.1. The number of carbonyl (C=O) groups excluding carboxylic acids is 1. The molecule has 1 saturated carbocycles. The fraction of sp³-hybridized carbons (Fsp3) is 0.409. The standard InChI is InChI=1S/C22H29N3O4S/c1-5-25(15(2)3)19-11-9-17(10-12-19)23-22(26)16-6-13-20(29-4)21(14-16)30(27,28)24-18-7-8-18/h6,9-15,18,24H,5,7-8H2,1-4H3,(H,23,26). The van der Waals surface area contributed by atoms with Gasteiger partial charge in [0.1, 0.15) is 10.6 Å². The van der Waals surface area contributed by atoms with E-state index in [9.17, 15) is 13.2 Å². The first kappa shape index (κ1) is 22.1. The molecule has 162 valence electrons. The summed E-state index contributed by atoms with van der Waals surface area (Å²) in [5, 5.41) is 2.83. The quantitative estimate of drug-likeness (QED) is 0.633. The number of benzene rings is 2. The highest BCUT2D eigenvalue weighted by molar-refractivity contribution is 7.89. The molecule has 1 fully saturated rings. The van der Waals surface area contributed by atoms with Gasteiger partial charge < -0.3 is 15.0 Å². The van der Waals surface area contributed by atoms with E-state index in [0.29, 0.717) is 11.7 Å². The Morgan fingerprint density at radius 3 is 2.37 bits per heavy atom. The van der Waals surface area contributed by atoms with Crippen molar-refractivity contribution in [3.05, 3.63) is 48.0 Å². The fourth-order valence-corrected chi connectivity index (χ4v) is 4.80. The second-order valence-corrected chi connectivity index (χ2v) is 9.32. The van der Waals surface area contributed by atoms with Crippen molar-refractivity contribution >= 4 is 27.3 Å². The zero-order valence-electron chi connectivity index (χ0n) is 17.8. The Balaban J connectivity index is 1.79. The maximum atomic E-state index is 12.7. The van der Waals surface area contributed by atoms with E-state index in [1.54, 1.807) is 6.07 Å². The van der Waals surface area contributed by atoms with Crippen LogP contribution in [-0.2, 0) is 10.0 Å². The van der Waals surface area contributed by atoms with Crippen molar-refractivity contribution < 1.29 is 17.9 Å². The molecule has 30 heavy (non-hydrogen) atoms. The van der Waals surface area contributed by atoms with Crippen LogP contribution >= 0.6 is 0 Å². The zero-order chi connectivity index (χ0) is 21.9. The van der Waals surface area contributed by atoms with Crippen LogP contribution in [0.4, 0.5) is 11.4 Å². The van der Waals surface area contributed by atoms with E-state index in [1.165, 1.54) is 19.2 Å². The predicted octanol–water partition coefficient (Wildman–Crippen LogP) is 3.62. The van der Waals surface area contributed by atoms with Crippen LogP contribution in [0, 0.1) is 0 Å². The van der Waals surface area contributed by atoms with Gasteiger partial charge in [-0.3, -0.25) is 4.79 Å². The number of carbonyl (C=O) groups is 1. The molecule has 2 N–H and O–H groups in total. The average molecular weight is 432 g/mol. The number of nitrogens with one attached hydrogen (secondary N) is 2. The minimum absolute atomic E-state index is 0.0320. The highest BCUT2D eigenvalue weighted by atomic mass is 32.2. The lowest BCUT2D eigenvalue weighted by molar-refractivity contribution is 0.102. The molecule has 0 aromatic heterocycles. The van der Waals surface area contributed by atoms with Crippen LogP contribution in [0.25, 0.3) is 0 Å². The third-order valence-electron chi connectivity index (χ3n) is 5.04. The smallest absolute Gasteiger partial charge is 0.255 e. The molecule has 2 aromatic carbocycles. The van der Waals surface area contributed by atoms with Crippen LogP contribution in [0.3, 0.4) is 0 Å². The molecule has 0 unspecified atom stereocenters. The monoisotopic (exact) mass is 431 g/mol. The van der Waals surface area contributed by atoms with E-state index in [1.807, 2.05) is 24.3 Å². The molecule has 7 nitrogen and oxygen atoms in total. The number of ether oxygens (including phenoxy) is 1. The SMILES string of the molecule is CCN(c1ccc(NC(=O)c2ccc(OC)c(S(=O)(=O)NC3CC3)c2)cc1)C(C)C. The summed E-state index contributed by atoms with van der Waals surface area (Å²) >= 11 is 0. The number of hydrogen-bond donors (Lipinski definition) is 2. The van der Waals surface area contributed by atoms with Crippen LogP contribution in [0.2, 0.25) is 0 Å². The van der Waals surface area contributed by atoms with Gasteiger partial charge in [-0.05, 0) is 76.1 Å². The van der Waals surface area contributed by atoms with Gasteiger partial charge in [-0.2, -0.15) is 0 Å². The number of methoxy groups -OCH3 is 1. The van der Waals surface area contributed by atoms with Crippen molar-refractivity contribution in [3.63, 3.8) is 0 Å². The maximum Gasteiger partial charge on any atom is 0.255 e. The van der Waals surface area contributed by atoms with Crippen LogP contribution in [0.15, 0.2) is 47.4 Å². The Labute approximate surface area is 178 Å². The second kappa shape index (κ2) is 9.06. The summed E-state index contributed by atoms with van der Waals surface area (Å²) in [4.78, 5) is 15.0. The van der Waals surface area contributed by atoms with Crippen molar-refractivity contribution in [1.82, 2.24) is 4.72 Å². The van der Waals surface area contributed by atoms with Gasteiger partial charge in [-0.15, -0.1) is 0 Å². The van der Waals surface area contributed by atoms with Crippen molar-refractivity contribution in [3.8, 4) is 5.75 Å². The third-order valence-corrected chi connectivity index (χ3v) is 6.58. The first-order chi connectivity index (χ1) is 14.2. The molecular formula is C22H29N3O4S. The van der Waals surface area contributed by atoms with E-state index in [4.69, 9.17) is 4.74 Å². The Hall–Kier alpha value is -2.58. The van der Waals surface area contributed by atoms with Crippen molar-refractivity contribution in [2.45, 2.75) is 50.6 Å². The summed E-state index contributed by atoms with van der Waals surface area (Å²) in [6, 6.07) is 12.3. The third kappa shape index (κ3) is 5.12. The number of hydrogen-bond acceptors (Lipinski definition) is 5. The topological polar surface area (TPSA) is 87.7 Å². The molecule has 1 amide bonds. The summed E-state index contributed by atoms with van der Waals surface area (Å²) in [5.41, 5.74) is 1.96. The lowest BCUT2D eigenvalue weighted by Gasteiger charge is -2.27. The first-order valence-corrected chi connectivity index (χ1v) is 11.6. The molecule has 8 heteroatoms. The first-order valence-electron chi connectivity index (χ1n) is 10.1. The lowest BCUT2D eigenvalue weighted by atomic mass is 10.2. The molecular weight excluding hydrogens is 402 g/mol. The van der Waals surface area contributed by atoms with Gasteiger partial charge in [-0.1, -0.05) is 0 Å². The highest BCUT2D eigenvalue weighted by Gasteiger charge is 2.30. The van der Waals surface area contributed by atoms with E-state index < -0.39 is 10.0 Å². The molecule has 0 aliphatic heterocycles. The summed E-state index contributed by atoms with van der Waals surface area (Å²) in [6.45, 7) is 7.25. The molecule has 0 atom stereocenters. The zero-order valence-corrected chi connectivity index (χ0v) is 18.6. The lowest BCUT2D eigenvalue weighted by Crippen LogP contribution is -2.30. The fourth-order valence-electron chi connectivity index (χ4n) is 3.30. The normalized spacial score (nSPS) is 13.9. The Morgan fingerprint density at radius 1 is 1.17 bits per heavy atom. The van der Waals surface area contributed by atoms with Gasteiger partial charge in [0.2, 0.25) is 10.0 Å². The molecule has 0 heterocycles. The highest BCUT2D eigenvalue weighted by Crippen LogP contribution is 2.29. The van der Waals surface area contributed by atoms with Crippen LogP contribution < -0.4 is 19.7 Å². The summed E-state index contributed by atoms with van der Waals surface area (Å²) in [7, 11) is -2.35. The van der Waals surface area contributed by atoms with Crippen LogP contribution in [0.1, 0.15) is 44.0 Å². The van der Waals surface area contributed by atoms with Crippen molar-refractivity contribution in [2.24, 2.45) is 0 Å². The number of amides is 1. The van der Waals surface area contributed by atoms with Gasteiger partial charge in [-0.25, -0.2) is 13.1 Å². The van der Waals surface area contributed by atoms with Crippen molar-refractivity contribution in [2.75, 3.05) is 23.9 Å². The number of anilines is 2. The summed E-state index contributed by atoms with van der Waals surface area (Å²) in [5.74, 6) is -0.179. The average Bonchev–Trinajstić information content (AvgIpc) is 3.52. The molecule has 0 bridgehead atoms. The molecule has 2 aromatic rings. The number of nitrogens with zero attached hydrogens (tertiary/aromatic N) is 1. The van der Waals surface area contributed by atoms with Crippen LogP contribution in [-0.4, -0.2) is 40.1 Å². The van der Waals surface area contributed by atoms with Crippen LogP contribution in [0.5, 0.6) is 5.75 Å². The van der Waals surface area contributed by atoms with Gasteiger partial charge in [0.25, 0.3) is 5.91 Å². The van der Waals surface area contributed by atoms with E-state index >= 15 is 0 Å². The summed E-state index contributed by atoms with van der Waals surface area (Å²) in [6.07, 6.45) is 1.65. The largest absolute Gasteiger partial charge is 0.495 e. The number of rotatable bonds is 9.